The predicted molar refractivity (Wildman–Crippen MR) is 74.1 cm³/mol. The maximum Gasteiger partial charge on any atom is 0.417 e. The Balaban J connectivity index is 1.49. The maximum atomic E-state index is 12.8. The van der Waals surface area contributed by atoms with Gasteiger partial charge < -0.3 is 15.7 Å². The van der Waals surface area contributed by atoms with Crippen LogP contribution in [0.5, 0.6) is 0 Å². The third kappa shape index (κ3) is 3.11. The minimum absolute atomic E-state index is 0.0322. The molecule has 0 aromatic heterocycles. The summed E-state index contributed by atoms with van der Waals surface area (Å²) in [4.78, 5) is 12.3. The highest BCUT2D eigenvalue weighted by atomic mass is 19.4. The van der Waals surface area contributed by atoms with Gasteiger partial charge in [0.25, 0.3) is 0 Å². The molecular formula is C15H23F3N2O2. The second-order valence-corrected chi connectivity index (χ2v) is 7.21. The number of carbonyl (C=O) groups is 1. The summed E-state index contributed by atoms with van der Waals surface area (Å²) in [6.07, 6.45) is -1.07. The number of piperidine rings is 1. The van der Waals surface area contributed by atoms with E-state index in [-0.39, 0.29) is 49.1 Å². The first-order chi connectivity index (χ1) is 10.2. The Bertz CT molecular complexity index is 441. The fourth-order valence-electron chi connectivity index (χ4n) is 3.76. The van der Waals surface area contributed by atoms with Gasteiger partial charge in [0.2, 0.25) is 5.91 Å². The van der Waals surface area contributed by atoms with Crippen molar-refractivity contribution in [3.8, 4) is 0 Å². The zero-order valence-electron chi connectivity index (χ0n) is 12.5. The molecule has 0 aromatic carbocycles. The van der Waals surface area contributed by atoms with Gasteiger partial charge in [0.15, 0.2) is 5.60 Å². The topological polar surface area (TPSA) is 61.4 Å². The molecule has 4 nitrogen and oxygen atoms in total. The van der Waals surface area contributed by atoms with Crippen LogP contribution in [0, 0.1) is 5.92 Å². The van der Waals surface area contributed by atoms with Crippen LogP contribution in [0.15, 0.2) is 0 Å². The van der Waals surface area contributed by atoms with Crippen molar-refractivity contribution in [1.82, 2.24) is 10.6 Å². The quantitative estimate of drug-likeness (QED) is 0.728. The lowest BCUT2D eigenvalue weighted by molar-refractivity contribution is -0.270. The Kier molecular flexibility index (Phi) is 3.92. The Morgan fingerprint density at radius 1 is 1.14 bits per heavy atom. The Morgan fingerprint density at radius 2 is 1.77 bits per heavy atom. The molecule has 3 N–H and O–H groups in total. The Morgan fingerprint density at radius 3 is 2.32 bits per heavy atom. The SMILES string of the molecule is O=C(N[C@H]1CC[C@@](O)(C(F)(F)F)CC1)C1CCNC2(CC2)C1. The Hall–Kier alpha value is -0.820. The fourth-order valence-corrected chi connectivity index (χ4v) is 3.76. The number of halogens is 3. The average Bonchev–Trinajstić information content (AvgIpc) is 3.19. The highest BCUT2D eigenvalue weighted by molar-refractivity contribution is 5.79. The first-order valence-corrected chi connectivity index (χ1v) is 8.08. The molecule has 126 valence electrons. The lowest BCUT2D eigenvalue weighted by Crippen LogP contribution is -2.52. The van der Waals surface area contributed by atoms with Crippen LogP contribution in [0.3, 0.4) is 0 Å². The van der Waals surface area contributed by atoms with Gasteiger partial charge >= 0.3 is 6.18 Å². The van der Waals surface area contributed by atoms with Crippen molar-refractivity contribution in [2.24, 2.45) is 5.92 Å². The van der Waals surface area contributed by atoms with E-state index in [2.05, 4.69) is 10.6 Å². The third-order valence-electron chi connectivity index (χ3n) is 5.54. The highest BCUT2D eigenvalue weighted by Crippen LogP contribution is 2.44. The van der Waals surface area contributed by atoms with Crippen molar-refractivity contribution in [1.29, 1.82) is 0 Å². The van der Waals surface area contributed by atoms with Crippen LogP contribution in [-0.4, -0.2) is 40.9 Å². The number of carbonyl (C=O) groups excluding carboxylic acids is 1. The number of hydrogen-bond donors (Lipinski definition) is 3. The number of amides is 1. The van der Waals surface area contributed by atoms with Gasteiger partial charge in [-0.2, -0.15) is 13.2 Å². The summed E-state index contributed by atoms with van der Waals surface area (Å²) in [5.74, 6) is -0.0672. The van der Waals surface area contributed by atoms with Gasteiger partial charge in [-0.3, -0.25) is 4.79 Å². The molecule has 1 unspecified atom stereocenters. The zero-order chi connectivity index (χ0) is 16.0. The van der Waals surface area contributed by atoms with E-state index in [1.54, 1.807) is 0 Å². The average molecular weight is 320 g/mol. The van der Waals surface area contributed by atoms with E-state index in [1.165, 1.54) is 0 Å². The third-order valence-corrected chi connectivity index (χ3v) is 5.54. The van der Waals surface area contributed by atoms with E-state index in [4.69, 9.17) is 0 Å². The van der Waals surface area contributed by atoms with Crippen LogP contribution < -0.4 is 10.6 Å². The van der Waals surface area contributed by atoms with Crippen molar-refractivity contribution in [3.05, 3.63) is 0 Å². The van der Waals surface area contributed by atoms with Crippen molar-refractivity contribution in [2.45, 2.75) is 74.7 Å². The summed E-state index contributed by atoms with van der Waals surface area (Å²) in [5.41, 5.74) is -2.43. The van der Waals surface area contributed by atoms with Crippen LogP contribution in [0.2, 0.25) is 0 Å². The Labute approximate surface area is 127 Å². The number of aliphatic hydroxyl groups is 1. The summed E-state index contributed by atoms with van der Waals surface area (Å²) in [6, 6.07) is -0.250. The first kappa shape index (κ1) is 16.1. The van der Waals surface area contributed by atoms with E-state index in [1.807, 2.05) is 0 Å². The largest absolute Gasteiger partial charge is 0.417 e. The molecule has 0 bridgehead atoms. The number of alkyl halides is 3. The molecule has 7 heteroatoms. The molecule has 2 saturated carbocycles. The summed E-state index contributed by atoms with van der Waals surface area (Å²) >= 11 is 0. The van der Waals surface area contributed by atoms with E-state index in [9.17, 15) is 23.1 Å². The van der Waals surface area contributed by atoms with Crippen LogP contribution >= 0.6 is 0 Å². The molecule has 2 aliphatic carbocycles. The van der Waals surface area contributed by atoms with Crippen LogP contribution in [-0.2, 0) is 4.79 Å². The minimum Gasteiger partial charge on any atom is -0.380 e. The molecule has 1 atom stereocenters. The standard InChI is InChI=1S/C15H23F3N2O2/c16-15(17,18)14(22)4-1-11(2-5-14)20-12(21)10-3-8-19-13(9-10)6-7-13/h10-11,19,22H,1-9H2,(H,20,21)/t10?,11-,14-. The van der Waals surface area contributed by atoms with Gasteiger partial charge in [0.1, 0.15) is 0 Å². The van der Waals surface area contributed by atoms with Gasteiger partial charge in [0, 0.05) is 17.5 Å². The monoisotopic (exact) mass is 320 g/mol. The molecule has 1 amide bonds. The molecule has 0 aromatic rings. The molecule has 22 heavy (non-hydrogen) atoms. The number of nitrogens with one attached hydrogen (secondary N) is 2. The number of hydrogen-bond acceptors (Lipinski definition) is 3. The van der Waals surface area contributed by atoms with Crippen LogP contribution in [0.1, 0.15) is 51.4 Å². The lowest BCUT2D eigenvalue weighted by atomic mass is 9.81. The lowest BCUT2D eigenvalue weighted by Gasteiger charge is -2.38. The fraction of sp³-hybridized carbons (Fsp3) is 0.933. The van der Waals surface area contributed by atoms with Crippen LogP contribution in [0.4, 0.5) is 13.2 Å². The molecule has 3 rings (SSSR count). The van der Waals surface area contributed by atoms with Crippen LogP contribution in [0.25, 0.3) is 0 Å². The maximum absolute atomic E-state index is 12.8. The summed E-state index contributed by atoms with van der Waals surface area (Å²) < 4.78 is 38.3. The molecule has 0 radical (unpaired) electrons. The second kappa shape index (κ2) is 5.37. The summed E-state index contributed by atoms with van der Waals surface area (Å²) in [5, 5.41) is 16.0. The predicted octanol–water partition coefficient (Wildman–Crippen LogP) is 1.87. The molecule has 3 aliphatic rings. The first-order valence-electron chi connectivity index (χ1n) is 8.08. The highest BCUT2D eigenvalue weighted by Gasteiger charge is 2.55. The van der Waals surface area contributed by atoms with Gasteiger partial charge in [-0.15, -0.1) is 0 Å². The minimum atomic E-state index is -4.59. The van der Waals surface area contributed by atoms with E-state index >= 15 is 0 Å². The van der Waals surface area contributed by atoms with E-state index in [0.717, 1.165) is 32.2 Å². The van der Waals surface area contributed by atoms with E-state index < -0.39 is 11.8 Å². The molecule has 1 aliphatic heterocycles. The van der Waals surface area contributed by atoms with Crippen molar-refractivity contribution >= 4 is 5.91 Å². The molecule has 1 saturated heterocycles. The number of rotatable bonds is 2. The molecule has 1 heterocycles. The van der Waals surface area contributed by atoms with Gasteiger partial charge in [-0.25, -0.2) is 0 Å². The summed E-state index contributed by atoms with van der Waals surface area (Å²) in [7, 11) is 0. The molecule has 3 fully saturated rings. The van der Waals surface area contributed by atoms with Crippen molar-refractivity contribution in [3.63, 3.8) is 0 Å². The van der Waals surface area contributed by atoms with Crippen molar-refractivity contribution < 1.29 is 23.1 Å². The smallest absolute Gasteiger partial charge is 0.380 e. The van der Waals surface area contributed by atoms with E-state index in [0.29, 0.717) is 0 Å². The second-order valence-electron chi connectivity index (χ2n) is 7.21. The molecule has 1 spiro atoms. The van der Waals surface area contributed by atoms with Gasteiger partial charge in [-0.05, 0) is 57.9 Å². The normalized spacial score (nSPS) is 37.8. The summed E-state index contributed by atoms with van der Waals surface area (Å²) in [6.45, 7) is 0.830. The molecular weight excluding hydrogens is 297 g/mol. The zero-order valence-corrected chi connectivity index (χ0v) is 12.5. The van der Waals surface area contributed by atoms with Crippen molar-refractivity contribution in [2.75, 3.05) is 6.54 Å². The van der Waals surface area contributed by atoms with Gasteiger partial charge in [0.05, 0.1) is 0 Å². The van der Waals surface area contributed by atoms with Gasteiger partial charge in [-0.1, -0.05) is 0 Å².